The maximum Gasteiger partial charge on any atom is 0.260 e. The minimum atomic E-state index is -0.357. The molecule has 0 saturated heterocycles. The van der Waals surface area contributed by atoms with Crippen LogP contribution in [-0.4, -0.2) is 30.0 Å². The molecule has 1 unspecified atom stereocenters. The van der Waals surface area contributed by atoms with Gasteiger partial charge in [0.25, 0.3) is 5.91 Å². The van der Waals surface area contributed by atoms with Crippen LogP contribution < -0.4 is 10.5 Å². The first-order chi connectivity index (χ1) is 9.52. The number of rotatable bonds is 6. The van der Waals surface area contributed by atoms with Gasteiger partial charge < -0.3 is 15.4 Å². The van der Waals surface area contributed by atoms with Crippen LogP contribution in [-0.2, 0) is 4.79 Å². The van der Waals surface area contributed by atoms with Crippen LogP contribution in [0.1, 0.15) is 38.3 Å². The van der Waals surface area contributed by atoms with E-state index in [-0.39, 0.29) is 24.4 Å². The highest BCUT2D eigenvalue weighted by Gasteiger charge is 2.31. The largest absolute Gasteiger partial charge is 0.483 e. The fraction of sp³-hybridized carbons (Fsp3) is 0.533. The van der Waals surface area contributed by atoms with Crippen molar-refractivity contribution in [3.8, 4) is 5.75 Å². The number of carbonyl (C=O) groups is 1. The van der Waals surface area contributed by atoms with Gasteiger partial charge in [-0.2, -0.15) is 0 Å². The van der Waals surface area contributed by atoms with E-state index in [1.54, 1.807) is 6.92 Å². The minimum absolute atomic E-state index is 0.0321. The van der Waals surface area contributed by atoms with E-state index in [1.807, 2.05) is 11.8 Å². The Morgan fingerprint density at radius 3 is 2.80 bits per heavy atom. The smallest absolute Gasteiger partial charge is 0.260 e. The fourth-order valence-corrected chi connectivity index (χ4v) is 2.25. The van der Waals surface area contributed by atoms with E-state index >= 15 is 0 Å². The van der Waals surface area contributed by atoms with E-state index in [1.165, 1.54) is 18.2 Å². The number of hydrogen-bond acceptors (Lipinski definition) is 3. The number of halogens is 1. The Kier molecular flexibility index (Phi) is 4.60. The van der Waals surface area contributed by atoms with Crippen molar-refractivity contribution >= 4 is 5.91 Å². The molecular weight excluding hydrogens is 259 g/mol. The molecule has 110 valence electrons. The van der Waals surface area contributed by atoms with Gasteiger partial charge in [0.15, 0.2) is 6.61 Å². The normalized spacial score (nSPS) is 15.8. The average molecular weight is 280 g/mol. The molecule has 0 heterocycles. The molecular formula is C15H21FN2O2. The Morgan fingerprint density at radius 2 is 2.25 bits per heavy atom. The van der Waals surface area contributed by atoms with Crippen LogP contribution in [0.4, 0.5) is 4.39 Å². The third kappa shape index (κ3) is 3.48. The Balaban J connectivity index is 2.01. The lowest BCUT2D eigenvalue weighted by Gasteiger charge is -2.21. The van der Waals surface area contributed by atoms with Gasteiger partial charge in [-0.3, -0.25) is 4.79 Å². The van der Waals surface area contributed by atoms with Gasteiger partial charge in [-0.1, -0.05) is 0 Å². The predicted molar refractivity (Wildman–Crippen MR) is 74.9 cm³/mol. The first-order valence-electron chi connectivity index (χ1n) is 7.00. The van der Waals surface area contributed by atoms with Crippen molar-refractivity contribution in [2.24, 2.45) is 5.73 Å². The summed E-state index contributed by atoms with van der Waals surface area (Å²) in [5.74, 6) is 0.0840. The van der Waals surface area contributed by atoms with E-state index in [2.05, 4.69) is 0 Å². The summed E-state index contributed by atoms with van der Waals surface area (Å²) in [6, 6.07) is 4.21. The maximum atomic E-state index is 13.2. The van der Waals surface area contributed by atoms with Gasteiger partial charge >= 0.3 is 0 Å². The molecule has 1 aliphatic rings. The Hall–Kier alpha value is -1.62. The number of hydrogen-bond donors (Lipinski definition) is 1. The maximum absolute atomic E-state index is 13.2. The molecule has 1 aromatic carbocycles. The average Bonchev–Trinajstić information content (AvgIpc) is 3.22. The molecule has 0 bridgehead atoms. The van der Waals surface area contributed by atoms with E-state index in [9.17, 15) is 9.18 Å². The number of benzene rings is 1. The molecule has 4 nitrogen and oxygen atoms in total. The van der Waals surface area contributed by atoms with Gasteiger partial charge in [0.05, 0.1) is 0 Å². The first-order valence-corrected chi connectivity index (χ1v) is 7.00. The second-order valence-corrected chi connectivity index (χ2v) is 5.17. The van der Waals surface area contributed by atoms with Crippen molar-refractivity contribution in [1.82, 2.24) is 4.90 Å². The summed E-state index contributed by atoms with van der Waals surface area (Å²) in [6.07, 6.45) is 2.14. The molecule has 0 radical (unpaired) electrons. The highest BCUT2D eigenvalue weighted by atomic mass is 19.1. The number of amides is 1. The van der Waals surface area contributed by atoms with Crippen LogP contribution in [0.25, 0.3) is 0 Å². The molecule has 0 aliphatic heterocycles. The highest BCUT2D eigenvalue weighted by Crippen LogP contribution is 2.27. The van der Waals surface area contributed by atoms with Crippen LogP contribution in [0.5, 0.6) is 5.75 Å². The molecule has 0 spiro atoms. The third-order valence-corrected chi connectivity index (χ3v) is 3.46. The van der Waals surface area contributed by atoms with Crippen molar-refractivity contribution in [3.63, 3.8) is 0 Å². The van der Waals surface area contributed by atoms with Gasteiger partial charge in [-0.25, -0.2) is 4.39 Å². The zero-order chi connectivity index (χ0) is 14.7. The number of likely N-dealkylation sites (N-methyl/N-ethyl adjacent to an activating group) is 1. The molecule has 1 aromatic rings. The fourth-order valence-electron chi connectivity index (χ4n) is 2.25. The summed E-state index contributed by atoms with van der Waals surface area (Å²) in [5, 5.41) is 0. The minimum Gasteiger partial charge on any atom is -0.483 e. The van der Waals surface area contributed by atoms with Crippen molar-refractivity contribution < 1.29 is 13.9 Å². The second kappa shape index (κ2) is 6.22. The molecule has 1 atom stereocenters. The highest BCUT2D eigenvalue weighted by molar-refractivity contribution is 5.78. The third-order valence-electron chi connectivity index (χ3n) is 3.46. The van der Waals surface area contributed by atoms with Gasteiger partial charge in [0.1, 0.15) is 11.6 Å². The zero-order valence-electron chi connectivity index (χ0n) is 11.9. The SMILES string of the molecule is CCN(C(=O)COc1ccc(F)cc1C(C)N)C1CC1. The monoisotopic (exact) mass is 280 g/mol. The molecule has 1 saturated carbocycles. The van der Waals surface area contributed by atoms with Gasteiger partial charge in [0, 0.05) is 24.2 Å². The van der Waals surface area contributed by atoms with Gasteiger partial charge in [-0.05, 0) is 44.9 Å². The lowest BCUT2D eigenvalue weighted by molar-refractivity contribution is -0.133. The van der Waals surface area contributed by atoms with Crippen molar-refractivity contribution in [1.29, 1.82) is 0 Å². The van der Waals surface area contributed by atoms with E-state index < -0.39 is 0 Å². The molecule has 1 amide bonds. The molecule has 1 aliphatic carbocycles. The Labute approximate surface area is 118 Å². The standard InChI is InChI=1S/C15H21FN2O2/c1-3-18(12-5-6-12)15(19)9-20-14-7-4-11(16)8-13(14)10(2)17/h4,7-8,10,12H,3,5-6,9,17H2,1-2H3. The summed E-state index contributed by atoms with van der Waals surface area (Å²) < 4.78 is 18.8. The lowest BCUT2D eigenvalue weighted by Crippen LogP contribution is -2.36. The number of nitrogens with zero attached hydrogens (tertiary/aromatic N) is 1. The van der Waals surface area contributed by atoms with Crippen LogP contribution in [0.15, 0.2) is 18.2 Å². The van der Waals surface area contributed by atoms with Crippen molar-refractivity contribution in [2.75, 3.05) is 13.2 Å². The lowest BCUT2D eigenvalue weighted by atomic mass is 10.1. The van der Waals surface area contributed by atoms with Crippen LogP contribution in [0.3, 0.4) is 0 Å². The van der Waals surface area contributed by atoms with Gasteiger partial charge in [0.2, 0.25) is 0 Å². The topological polar surface area (TPSA) is 55.6 Å². The van der Waals surface area contributed by atoms with E-state index in [0.29, 0.717) is 23.9 Å². The van der Waals surface area contributed by atoms with Gasteiger partial charge in [-0.15, -0.1) is 0 Å². The molecule has 0 aromatic heterocycles. The number of carbonyl (C=O) groups excluding carboxylic acids is 1. The Morgan fingerprint density at radius 1 is 1.55 bits per heavy atom. The molecule has 2 N–H and O–H groups in total. The summed E-state index contributed by atoms with van der Waals surface area (Å²) in [5.41, 5.74) is 6.37. The van der Waals surface area contributed by atoms with E-state index in [0.717, 1.165) is 12.8 Å². The predicted octanol–water partition coefficient (Wildman–Crippen LogP) is 2.24. The number of ether oxygens (including phenoxy) is 1. The molecule has 1 fully saturated rings. The van der Waals surface area contributed by atoms with Crippen LogP contribution in [0, 0.1) is 5.82 Å². The second-order valence-electron chi connectivity index (χ2n) is 5.17. The van der Waals surface area contributed by atoms with E-state index in [4.69, 9.17) is 10.5 Å². The summed E-state index contributed by atoms with van der Waals surface area (Å²) in [7, 11) is 0. The molecule has 5 heteroatoms. The summed E-state index contributed by atoms with van der Waals surface area (Å²) in [4.78, 5) is 13.9. The summed E-state index contributed by atoms with van der Waals surface area (Å²) >= 11 is 0. The zero-order valence-corrected chi connectivity index (χ0v) is 11.9. The quantitative estimate of drug-likeness (QED) is 0.869. The van der Waals surface area contributed by atoms with Crippen molar-refractivity contribution in [2.45, 2.75) is 38.8 Å². The molecule has 2 rings (SSSR count). The summed E-state index contributed by atoms with van der Waals surface area (Å²) in [6.45, 7) is 4.37. The first kappa shape index (κ1) is 14.8. The van der Waals surface area contributed by atoms with Crippen molar-refractivity contribution in [3.05, 3.63) is 29.6 Å². The van der Waals surface area contributed by atoms with Crippen LogP contribution >= 0.6 is 0 Å². The Bertz CT molecular complexity index is 487. The van der Waals surface area contributed by atoms with Crippen LogP contribution in [0.2, 0.25) is 0 Å². The number of nitrogens with two attached hydrogens (primary N) is 1. The molecule has 20 heavy (non-hydrogen) atoms.